The summed E-state index contributed by atoms with van der Waals surface area (Å²) in [6.07, 6.45) is -4.60. The number of nitrogens with zero attached hydrogens (tertiary/aromatic N) is 1. The molecule has 0 aliphatic heterocycles. The topological polar surface area (TPSA) is 76.2 Å². The van der Waals surface area contributed by atoms with Gasteiger partial charge >= 0.3 is 12.1 Å². The van der Waals surface area contributed by atoms with Crippen molar-refractivity contribution in [2.24, 2.45) is 5.73 Å². The fourth-order valence-corrected chi connectivity index (χ4v) is 1.87. The molecule has 0 fully saturated rings. The number of carboxylic acids is 1. The fourth-order valence-electron chi connectivity index (χ4n) is 0.932. The molecule has 9 heteroatoms. The summed E-state index contributed by atoms with van der Waals surface area (Å²) >= 11 is 0.508. The highest BCUT2D eigenvalue weighted by molar-refractivity contribution is 7.13. The van der Waals surface area contributed by atoms with E-state index in [9.17, 15) is 18.0 Å². The first-order valence-electron chi connectivity index (χ1n) is 3.86. The highest BCUT2D eigenvalue weighted by Gasteiger charge is 2.39. The van der Waals surface area contributed by atoms with Crippen molar-refractivity contribution in [1.82, 2.24) is 4.98 Å². The second-order valence-electron chi connectivity index (χ2n) is 2.63. The van der Waals surface area contributed by atoms with Crippen LogP contribution >= 0.6 is 23.7 Å². The Bertz CT molecular complexity index is 380. The number of hydrogen-bond acceptors (Lipinski definition) is 4. The standard InChI is InChI=1S/C7H7F3N2O2S.ClH/c8-7(9,10)5-4(6(13)14)15-3(12-5)1-2-11;/h1-2,11H2,(H,13,14);1H. The quantitative estimate of drug-likeness (QED) is 0.882. The molecule has 1 heterocycles. The van der Waals surface area contributed by atoms with E-state index in [1.54, 1.807) is 0 Å². The summed E-state index contributed by atoms with van der Waals surface area (Å²) in [5.41, 5.74) is 3.80. The minimum absolute atomic E-state index is 0. The van der Waals surface area contributed by atoms with Gasteiger partial charge in [-0.2, -0.15) is 13.2 Å². The minimum atomic E-state index is -4.74. The number of nitrogens with two attached hydrogens (primary N) is 1. The molecule has 0 unspecified atom stereocenters. The number of thiazole rings is 1. The first-order chi connectivity index (χ1) is 6.86. The second kappa shape index (κ2) is 5.46. The Morgan fingerprint density at radius 1 is 1.50 bits per heavy atom. The first-order valence-corrected chi connectivity index (χ1v) is 4.68. The molecule has 1 aromatic rings. The van der Waals surface area contributed by atoms with Gasteiger partial charge in [-0.15, -0.1) is 23.7 Å². The van der Waals surface area contributed by atoms with Crippen molar-refractivity contribution < 1.29 is 23.1 Å². The van der Waals surface area contributed by atoms with Gasteiger partial charge in [0.2, 0.25) is 0 Å². The Hall–Kier alpha value is -0.860. The molecule has 0 atom stereocenters. The predicted octanol–water partition coefficient (Wildman–Crippen LogP) is 1.78. The normalized spacial score (nSPS) is 11.0. The van der Waals surface area contributed by atoms with Crippen molar-refractivity contribution in [3.8, 4) is 0 Å². The number of rotatable bonds is 3. The van der Waals surface area contributed by atoms with Crippen LogP contribution in [-0.4, -0.2) is 22.6 Å². The zero-order chi connectivity index (χ0) is 11.6. The SMILES string of the molecule is Cl.NCCc1nc(C(F)(F)F)c(C(=O)O)s1. The molecule has 0 aliphatic carbocycles. The van der Waals surface area contributed by atoms with Crippen molar-refractivity contribution in [2.75, 3.05) is 6.54 Å². The van der Waals surface area contributed by atoms with Crippen LogP contribution in [0.4, 0.5) is 13.2 Å². The maximum atomic E-state index is 12.3. The molecule has 92 valence electrons. The summed E-state index contributed by atoms with van der Waals surface area (Å²) in [6, 6.07) is 0. The third-order valence-electron chi connectivity index (χ3n) is 1.49. The molecule has 0 amide bonds. The van der Waals surface area contributed by atoms with E-state index in [-0.39, 0.29) is 30.4 Å². The van der Waals surface area contributed by atoms with Gasteiger partial charge in [0.15, 0.2) is 5.69 Å². The zero-order valence-electron chi connectivity index (χ0n) is 7.74. The van der Waals surface area contributed by atoms with Gasteiger partial charge in [0, 0.05) is 6.42 Å². The van der Waals surface area contributed by atoms with E-state index in [1.807, 2.05) is 0 Å². The maximum absolute atomic E-state index is 12.3. The third-order valence-corrected chi connectivity index (χ3v) is 2.60. The molecule has 1 aromatic heterocycles. The number of aromatic nitrogens is 1. The van der Waals surface area contributed by atoms with E-state index >= 15 is 0 Å². The van der Waals surface area contributed by atoms with Gasteiger partial charge in [0.1, 0.15) is 4.88 Å². The molecule has 1 rings (SSSR count). The highest BCUT2D eigenvalue weighted by atomic mass is 35.5. The lowest BCUT2D eigenvalue weighted by Gasteiger charge is -2.02. The Kier molecular flexibility index (Phi) is 5.17. The lowest BCUT2D eigenvalue weighted by molar-refractivity contribution is -0.141. The van der Waals surface area contributed by atoms with Crippen molar-refractivity contribution in [3.05, 3.63) is 15.6 Å². The molecule has 0 aromatic carbocycles. The molecule has 0 aliphatic rings. The Morgan fingerprint density at radius 3 is 2.38 bits per heavy atom. The van der Waals surface area contributed by atoms with Gasteiger partial charge in [-0.3, -0.25) is 0 Å². The monoisotopic (exact) mass is 276 g/mol. The van der Waals surface area contributed by atoms with Crippen LogP contribution in [0, 0.1) is 0 Å². The van der Waals surface area contributed by atoms with E-state index in [0.29, 0.717) is 11.3 Å². The number of hydrogen-bond donors (Lipinski definition) is 2. The van der Waals surface area contributed by atoms with Crippen molar-refractivity contribution in [2.45, 2.75) is 12.6 Å². The summed E-state index contributed by atoms with van der Waals surface area (Å²) in [5, 5.41) is 8.64. The van der Waals surface area contributed by atoms with Crippen LogP contribution in [0.5, 0.6) is 0 Å². The first kappa shape index (κ1) is 15.1. The summed E-state index contributed by atoms with van der Waals surface area (Å²) < 4.78 is 36.9. The lowest BCUT2D eigenvalue weighted by atomic mass is 10.3. The van der Waals surface area contributed by atoms with E-state index in [4.69, 9.17) is 10.8 Å². The van der Waals surface area contributed by atoms with Crippen molar-refractivity contribution in [1.29, 1.82) is 0 Å². The van der Waals surface area contributed by atoms with Crippen molar-refractivity contribution in [3.63, 3.8) is 0 Å². The smallest absolute Gasteiger partial charge is 0.435 e. The summed E-state index contributed by atoms with van der Waals surface area (Å²) in [4.78, 5) is 13.0. The number of carbonyl (C=O) groups is 1. The van der Waals surface area contributed by atoms with E-state index in [2.05, 4.69) is 4.98 Å². The van der Waals surface area contributed by atoms with Gasteiger partial charge in [-0.1, -0.05) is 0 Å². The average molecular weight is 277 g/mol. The molecule has 3 N–H and O–H groups in total. The largest absolute Gasteiger partial charge is 0.477 e. The maximum Gasteiger partial charge on any atom is 0.435 e. The molecule has 0 bridgehead atoms. The third kappa shape index (κ3) is 3.32. The second-order valence-corrected chi connectivity index (χ2v) is 3.71. The van der Waals surface area contributed by atoms with Crippen LogP contribution in [0.25, 0.3) is 0 Å². The van der Waals surface area contributed by atoms with E-state index < -0.39 is 22.7 Å². The number of alkyl halides is 3. The van der Waals surface area contributed by atoms with E-state index in [0.717, 1.165) is 0 Å². The Morgan fingerprint density at radius 2 is 2.06 bits per heavy atom. The van der Waals surface area contributed by atoms with Gasteiger partial charge in [-0.25, -0.2) is 9.78 Å². The molecule has 0 spiro atoms. The van der Waals surface area contributed by atoms with Gasteiger partial charge in [-0.05, 0) is 6.54 Å². The van der Waals surface area contributed by atoms with Crippen LogP contribution < -0.4 is 5.73 Å². The van der Waals surface area contributed by atoms with Crippen LogP contribution in [0.3, 0.4) is 0 Å². The molecule has 0 saturated heterocycles. The van der Waals surface area contributed by atoms with Gasteiger partial charge in [0.05, 0.1) is 5.01 Å². The summed E-state index contributed by atoms with van der Waals surface area (Å²) in [7, 11) is 0. The number of aromatic carboxylic acids is 1. The molecule has 0 saturated carbocycles. The minimum Gasteiger partial charge on any atom is -0.477 e. The molecular formula is C7H8ClF3N2O2S. The van der Waals surface area contributed by atoms with Gasteiger partial charge in [0.25, 0.3) is 0 Å². The molecule has 0 radical (unpaired) electrons. The number of halogens is 4. The van der Waals surface area contributed by atoms with Crippen LogP contribution in [0.1, 0.15) is 20.4 Å². The van der Waals surface area contributed by atoms with E-state index in [1.165, 1.54) is 0 Å². The predicted molar refractivity (Wildman–Crippen MR) is 54.1 cm³/mol. The molecule has 4 nitrogen and oxygen atoms in total. The van der Waals surface area contributed by atoms with Crippen LogP contribution in [-0.2, 0) is 12.6 Å². The number of carboxylic acid groups (broad SMARTS) is 1. The fraction of sp³-hybridized carbons (Fsp3) is 0.429. The van der Waals surface area contributed by atoms with Gasteiger partial charge < -0.3 is 10.8 Å². The lowest BCUT2D eigenvalue weighted by Crippen LogP contribution is -2.11. The Labute approximate surface area is 98.7 Å². The summed E-state index contributed by atoms with van der Waals surface area (Å²) in [6.45, 7) is 0.129. The van der Waals surface area contributed by atoms with Crippen LogP contribution in [0.2, 0.25) is 0 Å². The summed E-state index contributed by atoms with van der Waals surface area (Å²) in [5.74, 6) is -1.62. The highest BCUT2D eigenvalue weighted by Crippen LogP contribution is 2.34. The Balaban J connectivity index is 0.00000225. The van der Waals surface area contributed by atoms with Crippen molar-refractivity contribution >= 4 is 29.7 Å². The molecule has 16 heavy (non-hydrogen) atoms. The van der Waals surface area contributed by atoms with Crippen LogP contribution in [0.15, 0.2) is 0 Å². The average Bonchev–Trinajstić information content (AvgIpc) is 2.48. The molecular weight excluding hydrogens is 269 g/mol. The zero-order valence-corrected chi connectivity index (χ0v) is 9.38.